The largest absolute Gasteiger partial charge is 0.391 e. The maximum Gasteiger partial charge on any atom is 0.320 e. The molecule has 1 fully saturated rings. The number of para-hydroxylation sites is 1. The molecule has 7 nitrogen and oxygen atoms in total. The number of urea groups is 1. The number of fused-ring (bicyclic) bond motifs is 1. The minimum atomic E-state index is -0.615. The highest BCUT2D eigenvalue weighted by atomic mass is 16.3. The summed E-state index contributed by atoms with van der Waals surface area (Å²) in [6.45, 7) is 4.35. The van der Waals surface area contributed by atoms with Crippen LogP contribution in [0.15, 0.2) is 54.6 Å². The van der Waals surface area contributed by atoms with Gasteiger partial charge in [0.05, 0.1) is 23.5 Å². The van der Waals surface area contributed by atoms with Crippen LogP contribution in [-0.2, 0) is 12.8 Å². The van der Waals surface area contributed by atoms with E-state index in [4.69, 9.17) is 5.10 Å². The van der Waals surface area contributed by atoms with Crippen LogP contribution in [0, 0.1) is 12.8 Å². The molecule has 1 aliphatic carbocycles. The Labute approximate surface area is 213 Å². The molecular weight excluding hydrogens is 450 g/mol. The number of amides is 2. The van der Waals surface area contributed by atoms with Gasteiger partial charge in [-0.25, -0.2) is 9.48 Å². The van der Waals surface area contributed by atoms with Gasteiger partial charge in [0, 0.05) is 5.56 Å². The van der Waals surface area contributed by atoms with Gasteiger partial charge in [-0.3, -0.25) is 5.32 Å². The molecule has 1 aliphatic heterocycles. The zero-order chi connectivity index (χ0) is 25.1. The smallest absolute Gasteiger partial charge is 0.320 e. The predicted molar refractivity (Wildman–Crippen MR) is 143 cm³/mol. The van der Waals surface area contributed by atoms with Crippen molar-refractivity contribution in [3.05, 3.63) is 77.0 Å². The minimum absolute atomic E-state index is 0.335. The molecule has 2 aliphatic rings. The Morgan fingerprint density at radius 3 is 2.56 bits per heavy atom. The third-order valence-electron chi connectivity index (χ3n) is 7.85. The van der Waals surface area contributed by atoms with E-state index in [1.54, 1.807) is 0 Å². The Bertz CT molecular complexity index is 1180. The lowest BCUT2D eigenvalue weighted by atomic mass is 9.86. The zero-order valence-corrected chi connectivity index (χ0v) is 21.3. The molecule has 2 amide bonds. The number of aromatic nitrogens is 2. The maximum atomic E-state index is 13.2. The normalized spacial score (nSPS) is 20.6. The molecule has 2 atom stereocenters. The van der Waals surface area contributed by atoms with E-state index in [2.05, 4.69) is 28.6 Å². The lowest BCUT2D eigenvalue weighted by Crippen LogP contribution is -2.41. The summed E-state index contributed by atoms with van der Waals surface area (Å²) in [6.07, 6.45) is 5.29. The second-order valence-corrected chi connectivity index (χ2v) is 10.3. The molecule has 1 unspecified atom stereocenters. The zero-order valence-electron chi connectivity index (χ0n) is 21.3. The molecular formula is C29H37N5O2. The topological polar surface area (TPSA) is 82.4 Å². The van der Waals surface area contributed by atoms with E-state index in [1.165, 1.54) is 18.4 Å². The molecule has 3 N–H and O–H groups in total. The molecule has 1 aromatic heterocycles. The number of carbonyl (C=O) groups is 1. The van der Waals surface area contributed by atoms with Crippen LogP contribution in [-0.4, -0.2) is 52.1 Å². The number of nitrogens with one attached hydrogen (secondary N) is 2. The number of benzene rings is 2. The Balaban J connectivity index is 1.35. The summed E-state index contributed by atoms with van der Waals surface area (Å²) in [5.74, 6) is 1.39. The van der Waals surface area contributed by atoms with Gasteiger partial charge in [-0.05, 0) is 94.8 Å². The predicted octanol–water partition coefficient (Wildman–Crippen LogP) is 4.63. The number of nitrogens with zero attached hydrogens (tertiary/aromatic N) is 3. The third-order valence-corrected chi connectivity index (χ3v) is 7.85. The van der Waals surface area contributed by atoms with E-state index < -0.39 is 12.1 Å². The molecule has 0 saturated carbocycles. The lowest BCUT2D eigenvalue weighted by Gasteiger charge is -2.31. The van der Waals surface area contributed by atoms with E-state index in [0.717, 1.165) is 60.8 Å². The van der Waals surface area contributed by atoms with Crippen molar-refractivity contribution in [3.8, 4) is 5.69 Å². The summed E-state index contributed by atoms with van der Waals surface area (Å²) in [5, 5.41) is 21.7. The summed E-state index contributed by atoms with van der Waals surface area (Å²) >= 11 is 0. The first kappa shape index (κ1) is 24.5. The average molecular weight is 488 g/mol. The van der Waals surface area contributed by atoms with Crippen LogP contribution in [0.25, 0.3) is 5.69 Å². The Kier molecular flexibility index (Phi) is 7.39. The number of hydrogen-bond donors (Lipinski definition) is 3. The summed E-state index contributed by atoms with van der Waals surface area (Å²) in [4.78, 5) is 15.6. The van der Waals surface area contributed by atoms with Gasteiger partial charge in [0.2, 0.25) is 0 Å². The van der Waals surface area contributed by atoms with Crippen molar-refractivity contribution in [2.24, 2.45) is 5.92 Å². The molecule has 36 heavy (non-hydrogen) atoms. The number of anilines is 1. The van der Waals surface area contributed by atoms with E-state index >= 15 is 0 Å². The number of aliphatic hydroxyl groups excluding tert-OH is 1. The van der Waals surface area contributed by atoms with Crippen LogP contribution >= 0.6 is 0 Å². The Morgan fingerprint density at radius 2 is 1.78 bits per heavy atom. The van der Waals surface area contributed by atoms with Crippen LogP contribution in [0.4, 0.5) is 10.6 Å². The molecule has 2 aromatic carbocycles. The fraction of sp³-hybridized carbons (Fsp3) is 0.448. The van der Waals surface area contributed by atoms with E-state index in [9.17, 15) is 9.90 Å². The van der Waals surface area contributed by atoms with Crippen molar-refractivity contribution in [1.82, 2.24) is 20.0 Å². The van der Waals surface area contributed by atoms with Crippen molar-refractivity contribution in [1.29, 1.82) is 0 Å². The molecule has 7 heteroatoms. The second kappa shape index (κ2) is 10.8. The number of rotatable bonds is 6. The van der Waals surface area contributed by atoms with Gasteiger partial charge in [0.1, 0.15) is 5.82 Å². The van der Waals surface area contributed by atoms with Crippen molar-refractivity contribution in [3.63, 3.8) is 0 Å². The standard InChI is InChI=1S/C29H37N5O2/c1-20-25(14-12-21-16-18-33(2)19-17-21)32-34(23-9-4-3-5-10-23)28(20)31-29(36)30-27-24-11-7-6-8-22(24)13-15-26(27)35/h3-11,21,26-27,35H,12-19H2,1-2H3,(H2,30,31,36)/t26-,27?/m1/s1. The molecule has 2 heterocycles. The van der Waals surface area contributed by atoms with Crippen LogP contribution in [0.3, 0.4) is 0 Å². The Hall–Kier alpha value is -3.16. The van der Waals surface area contributed by atoms with Crippen LogP contribution in [0.5, 0.6) is 0 Å². The molecule has 0 bridgehead atoms. The molecule has 5 rings (SSSR count). The van der Waals surface area contributed by atoms with Gasteiger partial charge in [-0.2, -0.15) is 5.10 Å². The minimum Gasteiger partial charge on any atom is -0.391 e. The second-order valence-electron chi connectivity index (χ2n) is 10.3. The number of aliphatic hydroxyl groups is 1. The molecule has 3 aromatic rings. The molecule has 190 valence electrons. The molecule has 0 spiro atoms. The first-order valence-electron chi connectivity index (χ1n) is 13.2. The number of hydrogen-bond acceptors (Lipinski definition) is 4. The average Bonchev–Trinajstić information content (AvgIpc) is 3.20. The number of piperidine rings is 1. The number of carbonyl (C=O) groups excluding carboxylic acids is 1. The monoisotopic (exact) mass is 487 g/mol. The van der Waals surface area contributed by atoms with Gasteiger partial charge in [-0.1, -0.05) is 42.5 Å². The number of aryl methyl sites for hydroxylation is 2. The van der Waals surface area contributed by atoms with E-state index in [1.807, 2.05) is 60.1 Å². The summed E-state index contributed by atoms with van der Waals surface area (Å²) in [6, 6.07) is 17.2. The van der Waals surface area contributed by atoms with Crippen molar-refractivity contribution < 1.29 is 9.90 Å². The van der Waals surface area contributed by atoms with Gasteiger partial charge < -0.3 is 15.3 Å². The Morgan fingerprint density at radius 1 is 1.06 bits per heavy atom. The van der Waals surface area contributed by atoms with Crippen molar-refractivity contribution >= 4 is 11.8 Å². The highest BCUT2D eigenvalue weighted by molar-refractivity contribution is 5.90. The first-order valence-corrected chi connectivity index (χ1v) is 13.2. The SMILES string of the molecule is Cc1c(CCC2CCN(C)CC2)nn(-c2ccccc2)c1NC(=O)NC1c2ccccc2CC[C@H]1O. The highest BCUT2D eigenvalue weighted by Gasteiger charge is 2.30. The summed E-state index contributed by atoms with van der Waals surface area (Å²) in [5.41, 5.74) is 5.08. The summed E-state index contributed by atoms with van der Waals surface area (Å²) in [7, 11) is 2.19. The van der Waals surface area contributed by atoms with Gasteiger partial charge >= 0.3 is 6.03 Å². The molecule has 0 radical (unpaired) electrons. The maximum absolute atomic E-state index is 13.2. The van der Waals surface area contributed by atoms with Gasteiger partial charge in [0.25, 0.3) is 0 Å². The van der Waals surface area contributed by atoms with Crippen LogP contribution in [0.1, 0.15) is 54.1 Å². The van der Waals surface area contributed by atoms with Crippen molar-refractivity contribution in [2.45, 2.75) is 57.6 Å². The molecule has 1 saturated heterocycles. The van der Waals surface area contributed by atoms with Crippen molar-refractivity contribution in [2.75, 3.05) is 25.5 Å². The fourth-order valence-corrected chi connectivity index (χ4v) is 5.57. The van der Waals surface area contributed by atoms with Crippen LogP contribution < -0.4 is 10.6 Å². The van der Waals surface area contributed by atoms with Gasteiger partial charge in [-0.15, -0.1) is 0 Å². The quantitative estimate of drug-likeness (QED) is 0.474. The fourth-order valence-electron chi connectivity index (χ4n) is 5.57. The third kappa shape index (κ3) is 5.32. The van der Waals surface area contributed by atoms with E-state index in [0.29, 0.717) is 12.2 Å². The highest BCUT2D eigenvalue weighted by Crippen LogP contribution is 2.31. The summed E-state index contributed by atoms with van der Waals surface area (Å²) < 4.78 is 1.84. The van der Waals surface area contributed by atoms with E-state index in [-0.39, 0.29) is 6.03 Å². The lowest BCUT2D eigenvalue weighted by molar-refractivity contribution is 0.114. The number of likely N-dealkylation sites (tertiary alicyclic amines) is 1. The van der Waals surface area contributed by atoms with Crippen LogP contribution in [0.2, 0.25) is 0 Å². The van der Waals surface area contributed by atoms with Gasteiger partial charge in [0.15, 0.2) is 0 Å². The first-order chi connectivity index (χ1) is 17.5.